The van der Waals surface area contributed by atoms with Gasteiger partial charge in [0.1, 0.15) is 0 Å². The number of hydrogen-bond acceptors (Lipinski definition) is 6. The van der Waals surface area contributed by atoms with Crippen LogP contribution in [0.2, 0.25) is 0 Å². The van der Waals surface area contributed by atoms with Crippen LogP contribution in [-0.4, -0.2) is 44.9 Å². The van der Waals surface area contributed by atoms with Crippen molar-refractivity contribution in [1.29, 1.82) is 0 Å². The van der Waals surface area contributed by atoms with Gasteiger partial charge in [0.05, 0.1) is 10.9 Å². The monoisotopic (exact) mass is 450 g/mol. The molecule has 0 spiro atoms. The summed E-state index contributed by atoms with van der Waals surface area (Å²) in [5.41, 5.74) is 7.23. The molecular formula is C23H26N6O2S. The maximum Gasteiger partial charge on any atom is 0.248 e. The Labute approximate surface area is 191 Å². The van der Waals surface area contributed by atoms with Crippen LogP contribution in [-0.2, 0) is 4.79 Å². The highest BCUT2D eigenvalue weighted by Crippen LogP contribution is 2.30. The summed E-state index contributed by atoms with van der Waals surface area (Å²) in [7, 11) is 0. The predicted octanol–water partition coefficient (Wildman–Crippen LogP) is 3.48. The van der Waals surface area contributed by atoms with Crippen LogP contribution in [0, 0.1) is 0 Å². The summed E-state index contributed by atoms with van der Waals surface area (Å²) in [6.45, 7) is 3.74. The molecule has 32 heavy (non-hydrogen) atoms. The molecule has 0 radical (unpaired) electrons. The van der Waals surface area contributed by atoms with Gasteiger partial charge in [-0.05, 0) is 62.6 Å². The second kappa shape index (κ2) is 9.86. The number of benzene rings is 2. The first-order valence-corrected chi connectivity index (χ1v) is 11.5. The first-order chi connectivity index (χ1) is 15.5. The fraction of sp³-hybridized carbons (Fsp3) is 0.304. The van der Waals surface area contributed by atoms with Crippen molar-refractivity contribution in [3.05, 3.63) is 60.2 Å². The smallest absolute Gasteiger partial charge is 0.248 e. The Balaban J connectivity index is 1.53. The minimum atomic E-state index is -0.503. The van der Waals surface area contributed by atoms with Gasteiger partial charge < -0.3 is 16.0 Å². The SMILES string of the molecule is CC(Sc1nnc(N2CCCCC2)n1-c1ccccc1)C(=O)Nc1ccc(C(N)=O)cc1. The number of nitrogens with two attached hydrogens (primary N) is 1. The molecule has 3 N–H and O–H groups in total. The van der Waals surface area contributed by atoms with E-state index in [1.807, 2.05) is 41.8 Å². The maximum absolute atomic E-state index is 12.8. The van der Waals surface area contributed by atoms with Crippen LogP contribution < -0.4 is 16.0 Å². The zero-order valence-electron chi connectivity index (χ0n) is 17.9. The highest BCUT2D eigenvalue weighted by molar-refractivity contribution is 8.00. The molecule has 0 saturated carbocycles. The topological polar surface area (TPSA) is 106 Å². The van der Waals surface area contributed by atoms with Crippen molar-refractivity contribution in [1.82, 2.24) is 14.8 Å². The molecule has 4 rings (SSSR count). The highest BCUT2D eigenvalue weighted by Gasteiger charge is 2.24. The maximum atomic E-state index is 12.8. The summed E-state index contributed by atoms with van der Waals surface area (Å²) in [6, 6.07) is 16.5. The van der Waals surface area contributed by atoms with E-state index in [0.29, 0.717) is 16.4 Å². The van der Waals surface area contributed by atoms with Gasteiger partial charge in [-0.15, -0.1) is 10.2 Å². The minimum absolute atomic E-state index is 0.163. The minimum Gasteiger partial charge on any atom is -0.366 e. The van der Waals surface area contributed by atoms with E-state index in [1.54, 1.807) is 24.3 Å². The number of thioether (sulfide) groups is 1. The number of anilines is 2. The number of amides is 2. The third-order valence-corrected chi connectivity index (χ3v) is 6.40. The molecule has 0 bridgehead atoms. The van der Waals surface area contributed by atoms with Crippen molar-refractivity contribution >= 4 is 35.2 Å². The molecule has 0 aliphatic carbocycles. The molecule has 1 fully saturated rings. The quantitative estimate of drug-likeness (QED) is 0.534. The number of nitrogens with one attached hydrogen (secondary N) is 1. The van der Waals surface area contributed by atoms with Gasteiger partial charge in [-0.3, -0.25) is 14.2 Å². The first kappa shape index (κ1) is 21.9. The lowest BCUT2D eigenvalue weighted by Crippen LogP contribution is -2.31. The van der Waals surface area contributed by atoms with Crippen LogP contribution in [0.4, 0.5) is 11.6 Å². The Hall–Kier alpha value is -3.33. The Morgan fingerprint density at radius 2 is 1.69 bits per heavy atom. The molecule has 1 aliphatic heterocycles. The van der Waals surface area contributed by atoms with Crippen molar-refractivity contribution < 1.29 is 9.59 Å². The van der Waals surface area contributed by atoms with Crippen LogP contribution in [0.25, 0.3) is 5.69 Å². The van der Waals surface area contributed by atoms with E-state index < -0.39 is 11.2 Å². The number of para-hydroxylation sites is 1. The van der Waals surface area contributed by atoms with Crippen LogP contribution >= 0.6 is 11.8 Å². The Kier molecular flexibility index (Phi) is 6.75. The fourth-order valence-electron chi connectivity index (χ4n) is 3.61. The van der Waals surface area contributed by atoms with Gasteiger partial charge in [0, 0.05) is 24.3 Å². The van der Waals surface area contributed by atoms with Crippen molar-refractivity contribution in [2.45, 2.75) is 36.6 Å². The van der Waals surface area contributed by atoms with Gasteiger partial charge in [0.15, 0.2) is 5.16 Å². The molecule has 166 valence electrons. The van der Waals surface area contributed by atoms with Crippen LogP contribution in [0.3, 0.4) is 0 Å². The molecule has 1 atom stereocenters. The number of piperidine rings is 1. The normalized spacial score (nSPS) is 14.7. The fourth-order valence-corrected chi connectivity index (χ4v) is 4.48. The molecular weight excluding hydrogens is 424 g/mol. The molecule has 2 amide bonds. The van der Waals surface area contributed by atoms with Gasteiger partial charge in [0.2, 0.25) is 17.8 Å². The Morgan fingerprint density at radius 3 is 2.34 bits per heavy atom. The summed E-state index contributed by atoms with van der Waals surface area (Å²) >= 11 is 1.36. The van der Waals surface area contributed by atoms with Crippen molar-refractivity contribution in [3.8, 4) is 5.69 Å². The van der Waals surface area contributed by atoms with E-state index in [2.05, 4.69) is 20.4 Å². The lowest BCUT2D eigenvalue weighted by Gasteiger charge is -2.28. The third-order valence-electron chi connectivity index (χ3n) is 5.36. The molecule has 3 aromatic rings. The van der Waals surface area contributed by atoms with E-state index in [1.165, 1.54) is 18.2 Å². The number of carbonyl (C=O) groups is 2. The van der Waals surface area contributed by atoms with Crippen molar-refractivity contribution in [2.24, 2.45) is 5.73 Å². The first-order valence-electron chi connectivity index (χ1n) is 10.7. The third kappa shape index (κ3) is 4.94. The second-order valence-electron chi connectivity index (χ2n) is 7.69. The molecule has 1 aromatic heterocycles. The van der Waals surface area contributed by atoms with Gasteiger partial charge in [0.25, 0.3) is 0 Å². The lowest BCUT2D eigenvalue weighted by molar-refractivity contribution is -0.115. The van der Waals surface area contributed by atoms with Crippen LogP contribution in [0.5, 0.6) is 0 Å². The van der Waals surface area contributed by atoms with E-state index in [-0.39, 0.29) is 5.91 Å². The Bertz CT molecular complexity index is 1080. The lowest BCUT2D eigenvalue weighted by atomic mass is 10.1. The standard InChI is InChI=1S/C23H26N6O2S/c1-16(21(31)25-18-12-10-17(11-13-18)20(24)30)32-23-27-26-22(28-14-6-3-7-15-28)29(23)19-8-4-2-5-9-19/h2,4-5,8-13,16H,3,6-7,14-15H2,1H3,(H2,24,30)(H,25,31). The summed E-state index contributed by atoms with van der Waals surface area (Å²) in [4.78, 5) is 26.3. The van der Waals surface area contributed by atoms with Gasteiger partial charge in [-0.1, -0.05) is 30.0 Å². The zero-order chi connectivity index (χ0) is 22.5. The molecule has 2 aromatic carbocycles. The largest absolute Gasteiger partial charge is 0.366 e. The number of primary amides is 1. The van der Waals surface area contributed by atoms with Crippen LogP contribution in [0.1, 0.15) is 36.5 Å². The second-order valence-corrected chi connectivity index (χ2v) is 9.00. The van der Waals surface area contributed by atoms with Crippen molar-refractivity contribution in [3.63, 3.8) is 0 Å². The van der Waals surface area contributed by atoms with Crippen LogP contribution in [0.15, 0.2) is 59.8 Å². The van der Waals surface area contributed by atoms with E-state index in [0.717, 1.165) is 37.6 Å². The molecule has 9 heteroatoms. The van der Waals surface area contributed by atoms with E-state index in [4.69, 9.17) is 5.73 Å². The molecule has 8 nitrogen and oxygen atoms in total. The molecule has 1 aliphatic rings. The molecule has 1 unspecified atom stereocenters. The van der Waals surface area contributed by atoms with Gasteiger partial charge in [-0.25, -0.2) is 0 Å². The highest BCUT2D eigenvalue weighted by atomic mass is 32.2. The predicted molar refractivity (Wildman–Crippen MR) is 126 cm³/mol. The number of nitrogens with zero attached hydrogens (tertiary/aromatic N) is 4. The molecule has 2 heterocycles. The summed E-state index contributed by atoms with van der Waals surface area (Å²) < 4.78 is 2.03. The van der Waals surface area contributed by atoms with Crippen molar-refractivity contribution in [2.75, 3.05) is 23.3 Å². The average Bonchev–Trinajstić information content (AvgIpc) is 3.24. The number of rotatable bonds is 7. The van der Waals surface area contributed by atoms with Gasteiger partial charge in [-0.2, -0.15) is 0 Å². The van der Waals surface area contributed by atoms with E-state index in [9.17, 15) is 9.59 Å². The van der Waals surface area contributed by atoms with E-state index >= 15 is 0 Å². The summed E-state index contributed by atoms with van der Waals surface area (Å²) in [5.74, 6) is 0.147. The zero-order valence-corrected chi connectivity index (χ0v) is 18.7. The number of carbonyl (C=O) groups excluding carboxylic acids is 2. The Morgan fingerprint density at radius 1 is 1.00 bits per heavy atom. The number of aromatic nitrogens is 3. The van der Waals surface area contributed by atoms with Gasteiger partial charge >= 0.3 is 0 Å². The summed E-state index contributed by atoms with van der Waals surface area (Å²) in [6.07, 6.45) is 3.50. The number of hydrogen-bond donors (Lipinski definition) is 2. The molecule has 1 saturated heterocycles. The summed E-state index contributed by atoms with van der Waals surface area (Å²) in [5, 5.41) is 12.0. The average molecular weight is 451 g/mol.